The van der Waals surface area contributed by atoms with Gasteiger partial charge in [0.15, 0.2) is 0 Å². The van der Waals surface area contributed by atoms with Crippen molar-refractivity contribution in [3.05, 3.63) is 28.8 Å². The molecule has 0 fully saturated rings. The molecular formula is C9H9ClF3NO3S. The third-order valence-electron chi connectivity index (χ3n) is 1.92. The molecule has 18 heavy (non-hydrogen) atoms. The van der Waals surface area contributed by atoms with E-state index in [9.17, 15) is 21.6 Å². The molecule has 2 N–H and O–H groups in total. The van der Waals surface area contributed by atoms with Crippen LogP contribution in [-0.4, -0.2) is 25.9 Å². The normalized spacial score (nSPS) is 12.5. The van der Waals surface area contributed by atoms with Crippen molar-refractivity contribution in [3.63, 3.8) is 0 Å². The average molecular weight is 304 g/mol. The zero-order chi connectivity index (χ0) is 14.0. The van der Waals surface area contributed by atoms with Gasteiger partial charge in [-0.3, -0.25) is 4.72 Å². The smallest absolute Gasteiger partial charge is 0.395 e. The maximum absolute atomic E-state index is 12.4. The van der Waals surface area contributed by atoms with Crippen molar-refractivity contribution in [2.24, 2.45) is 0 Å². The molecule has 0 saturated heterocycles. The Hall–Kier alpha value is -0.990. The van der Waals surface area contributed by atoms with Crippen molar-refractivity contribution in [1.29, 1.82) is 0 Å². The van der Waals surface area contributed by atoms with Gasteiger partial charge in [-0.05, 0) is 18.2 Å². The van der Waals surface area contributed by atoms with Crippen molar-refractivity contribution < 1.29 is 26.7 Å². The van der Waals surface area contributed by atoms with E-state index in [0.717, 1.165) is 12.1 Å². The van der Waals surface area contributed by atoms with Crippen LogP contribution < -0.4 is 4.72 Å². The largest absolute Gasteiger partial charge is 0.416 e. The number of anilines is 1. The van der Waals surface area contributed by atoms with Gasteiger partial charge in [-0.15, -0.1) is 0 Å². The molecule has 1 aromatic carbocycles. The van der Waals surface area contributed by atoms with E-state index >= 15 is 0 Å². The quantitative estimate of drug-likeness (QED) is 0.895. The Labute approximate surface area is 106 Å². The molecule has 1 aromatic rings. The van der Waals surface area contributed by atoms with E-state index in [1.807, 2.05) is 4.72 Å². The minimum absolute atomic E-state index is 0.162. The lowest BCUT2D eigenvalue weighted by Crippen LogP contribution is -2.19. The third-order valence-corrected chi connectivity index (χ3v) is 3.50. The summed E-state index contributed by atoms with van der Waals surface area (Å²) < 4.78 is 61.7. The molecule has 0 aliphatic carbocycles. The molecule has 0 aliphatic rings. The van der Waals surface area contributed by atoms with Crippen molar-refractivity contribution in [1.82, 2.24) is 0 Å². The highest BCUT2D eigenvalue weighted by molar-refractivity contribution is 7.92. The van der Waals surface area contributed by atoms with Gasteiger partial charge in [-0.1, -0.05) is 11.6 Å². The van der Waals surface area contributed by atoms with Crippen LogP contribution in [0.5, 0.6) is 0 Å². The van der Waals surface area contributed by atoms with Crippen molar-refractivity contribution in [3.8, 4) is 0 Å². The highest BCUT2D eigenvalue weighted by Crippen LogP contribution is 2.34. The second-order valence-corrected chi connectivity index (χ2v) is 5.59. The Balaban J connectivity index is 3.10. The minimum Gasteiger partial charge on any atom is -0.395 e. The monoisotopic (exact) mass is 303 g/mol. The lowest BCUT2D eigenvalue weighted by molar-refractivity contribution is -0.137. The molecule has 0 atom stereocenters. The maximum Gasteiger partial charge on any atom is 0.416 e. The van der Waals surface area contributed by atoms with Crippen LogP contribution in [0, 0.1) is 0 Å². The molecule has 9 heteroatoms. The number of hydrogen-bond donors (Lipinski definition) is 2. The van der Waals surface area contributed by atoms with E-state index in [4.69, 9.17) is 16.7 Å². The standard InChI is InChI=1S/C9H9ClF3NO3S/c10-7-2-1-6(9(11,12)13)5-8(7)14-18(16,17)4-3-15/h1-2,5,14-15H,3-4H2. The van der Waals surface area contributed by atoms with Crippen LogP contribution in [0.15, 0.2) is 18.2 Å². The van der Waals surface area contributed by atoms with E-state index in [2.05, 4.69) is 0 Å². The Bertz CT molecular complexity index is 530. The molecule has 0 bridgehead atoms. The molecule has 4 nitrogen and oxygen atoms in total. The molecule has 0 aliphatic heterocycles. The fourth-order valence-corrected chi connectivity index (χ4v) is 2.19. The van der Waals surface area contributed by atoms with Gasteiger partial charge in [-0.2, -0.15) is 13.2 Å². The summed E-state index contributed by atoms with van der Waals surface area (Å²) in [6.07, 6.45) is -4.60. The van der Waals surface area contributed by atoms with E-state index < -0.39 is 34.1 Å². The zero-order valence-electron chi connectivity index (χ0n) is 8.83. The topological polar surface area (TPSA) is 66.4 Å². The first-order valence-corrected chi connectivity index (χ1v) is 6.67. The van der Waals surface area contributed by atoms with Crippen LogP contribution in [-0.2, 0) is 16.2 Å². The number of halogens is 4. The van der Waals surface area contributed by atoms with Crippen LogP contribution in [0.4, 0.5) is 18.9 Å². The molecule has 0 unspecified atom stereocenters. The summed E-state index contributed by atoms with van der Waals surface area (Å²) >= 11 is 5.60. The van der Waals surface area contributed by atoms with Crippen molar-refractivity contribution in [2.75, 3.05) is 17.1 Å². The number of sulfonamides is 1. The second kappa shape index (κ2) is 5.33. The average Bonchev–Trinajstić information content (AvgIpc) is 2.19. The summed E-state index contributed by atoms with van der Waals surface area (Å²) in [4.78, 5) is 0. The van der Waals surface area contributed by atoms with Crippen LogP contribution >= 0.6 is 11.6 Å². The third kappa shape index (κ3) is 4.04. The molecule has 0 aromatic heterocycles. The number of alkyl halides is 3. The van der Waals surface area contributed by atoms with Crippen LogP contribution in [0.1, 0.15) is 5.56 Å². The van der Waals surface area contributed by atoms with E-state index in [-0.39, 0.29) is 10.7 Å². The van der Waals surface area contributed by atoms with E-state index in [0.29, 0.717) is 6.07 Å². The van der Waals surface area contributed by atoms with Gasteiger partial charge in [0, 0.05) is 0 Å². The van der Waals surface area contributed by atoms with Gasteiger partial charge in [0.25, 0.3) is 0 Å². The Morgan fingerprint density at radius 3 is 2.44 bits per heavy atom. The fraction of sp³-hybridized carbons (Fsp3) is 0.333. The summed E-state index contributed by atoms with van der Waals surface area (Å²) in [7, 11) is -3.92. The SMILES string of the molecule is O=S(=O)(CCO)Nc1cc(C(F)(F)F)ccc1Cl. The Morgan fingerprint density at radius 2 is 1.94 bits per heavy atom. The predicted octanol–water partition coefficient (Wildman–Crippen LogP) is 2.09. The predicted molar refractivity (Wildman–Crippen MR) is 60.9 cm³/mol. The fourth-order valence-electron chi connectivity index (χ4n) is 1.12. The maximum atomic E-state index is 12.4. The van der Waals surface area contributed by atoms with Crippen molar-refractivity contribution >= 4 is 27.3 Å². The number of hydrogen-bond acceptors (Lipinski definition) is 3. The Morgan fingerprint density at radius 1 is 1.33 bits per heavy atom. The van der Waals surface area contributed by atoms with Gasteiger partial charge in [0.2, 0.25) is 10.0 Å². The van der Waals surface area contributed by atoms with Crippen LogP contribution in [0.3, 0.4) is 0 Å². The molecule has 0 spiro atoms. The molecule has 0 saturated carbocycles. The lowest BCUT2D eigenvalue weighted by atomic mass is 10.2. The molecule has 0 amide bonds. The highest BCUT2D eigenvalue weighted by Gasteiger charge is 2.31. The number of aliphatic hydroxyl groups is 1. The number of aliphatic hydroxyl groups excluding tert-OH is 1. The van der Waals surface area contributed by atoms with Crippen LogP contribution in [0.2, 0.25) is 5.02 Å². The summed E-state index contributed by atoms with van der Waals surface area (Å²) in [5.41, 5.74) is -1.39. The summed E-state index contributed by atoms with van der Waals surface area (Å²) in [6, 6.07) is 2.28. The van der Waals surface area contributed by atoms with Gasteiger partial charge < -0.3 is 5.11 Å². The summed E-state index contributed by atoms with van der Waals surface area (Å²) in [6.45, 7) is -0.647. The summed E-state index contributed by atoms with van der Waals surface area (Å²) in [5.74, 6) is -0.625. The van der Waals surface area contributed by atoms with Gasteiger partial charge in [0.1, 0.15) is 0 Å². The number of nitrogens with one attached hydrogen (secondary N) is 1. The van der Waals surface area contributed by atoms with Crippen molar-refractivity contribution in [2.45, 2.75) is 6.18 Å². The lowest BCUT2D eigenvalue weighted by Gasteiger charge is -2.12. The zero-order valence-corrected chi connectivity index (χ0v) is 10.4. The second-order valence-electron chi connectivity index (χ2n) is 3.34. The minimum atomic E-state index is -4.60. The Kier molecular flexibility index (Phi) is 4.46. The van der Waals surface area contributed by atoms with E-state index in [1.165, 1.54) is 0 Å². The van der Waals surface area contributed by atoms with E-state index in [1.54, 1.807) is 0 Å². The highest BCUT2D eigenvalue weighted by atomic mass is 35.5. The molecular weight excluding hydrogens is 295 g/mol. The van der Waals surface area contributed by atoms with Gasteiger partial charge >= 0.3 is 6.18 Å². The first-order chi connectivity index (χ1) is 8.15. The first-order valence-electron chi connectivity index (χ1n) is 4.64. The number of rotatable bonds is 4. The molecule has 102 valence electrons. The van der Waals surface area contributed by atoms with Crippen LogP contribution in [0.25, 0.3) is 0 Å². The molecule has 0 radical (unpaired) electrons. The number of benzene rings is 1. The summed E-state index contributed by atoms with van der Waals surface area (Å²) in [5, 5.41) is 8.34. The molecule has 1 rings (SSSR count). The van der Waals surface area contributed by atoms with Gasteiger partial charge in [-0.25, -0.2) is 8.42 Å². The molecule has 0 heterocycles. The van der Waals surface area contributed by atoms with Gasteiger partial charge in [0.05, 0.1) is 28.6 Å². The first kappa shape index (κ1) is 15.1.